The summed E-state index contributed by atoms with van der Waals surface area (Å²) in [4.78, 5) is 16.4. The minimum atomic E-state index is -0.306. The number of nitrogens with zero attached hydrogens (tertiary/aromatic N) is 1. The van der Waals surface area contributed by atoms with E-state index in [9.17, 15) is 9.18 Å². The fraction of sp³-hybridized carbons (Fsp3) is 0.619. The molecule has 172 valence electrons. The molecule has 0 aliphatic rings. The van der Waals surface area contributed by atoms with Crippen molar-refractivity contribution in [2.45, 2.75) is 33.1 Å². The van der Waals surface area contributed by atoms with Crippen LogP contribution in [0.15, 0.2) is 29.3 Å². The highest BCUT2D eigenvalue weighted by Crippen LogP contribution is 2.03. The van der Waals surface area contributed by atoms with Crippen LogP contribution >= 0.6 is 24.0 Å². The topological polar surface area (TPSA) is 84.0 Å². The highest BCUT2D eigenvalue weighted by atomic mass is 127. The maximum Gasteiger partial charge on any atom is 0.224 e. The van der Waals surface area contributed by atoms with Gasteiger partial charge in [-0.3, -0.25) is 9.79 Å². The van der Waals surface area contributed by atoms with Crippen LogP contribution < -0.4 is 16.0 Å². The van der Waals surface area contributed by atoms with Crippen LogP contribution in [0.1, 0.15) is 32.3 Å². The van der Waals surface area contributed by atoms with Gasteiger partial charge < -0.3 is 25.4 Å². The molecular weight excluding hydrogens is 502 g/mol. The largest absolute Gasteiger partial charge is 0.379 e. The van der Waals surface area contributed by atoms with E-state index in [-0.39, 0.29) is 42.1 Å². The second kappa shape index (κ2) is 19.5. The fourth-order valence-electron chi connectivity index (χ4n) is 2.37. The molecular formula is C21H36FIN4O3. The number of hydrogen-bond donors (Lipinski definition) is 3. The molecule has 0 heterocycles. The number of guanidine groups is 1. The third kappa shape index (κ3) is 15.4. The number of aliphatic imine (C=N–C) groups is 1. The third-order valence-electron chi connectivity index (χ3n) is 3.88. The van der Waals surface area contributed by atoms with E-state index in [0.717, 1.165) is 31.6 Å². The summed E-state index contributed by atoms with van der Waals surface area (Å²) in [5, 5.41) is 9.15. The smallest absolute Gasteiger partial charge is 0.224 e. The molecule has 0 fully saturated rings. The van der Waals surface area contributed by atoms with Crippen molar-refractivity contribution in [3.8, 4) is 0 Å². The van der Waals surface area contributed by atoms with Gasteiger partial charge in [-0.05, 0) is 31.0 Å². The van der Waals surface area contributed by atoms with Gasteiger partial charge in [0, 0.05) is 26.2 Å². The number of carbonyl (C=O) groups excluding carboxylic acids is 1. The van der Waals surface area contributed by atoms with Crippen LogP contribution in [-0.4, -0.2) is 64.5 Å². The average molecular weight is 538 g/mol. The number of nitrogens with one attached hydrogen (secondary N) is 3. The number of rotatable bonds is 15. The number of unbranched alkanes of at least 4 members (excludes halogenated alkanes) is 1. The van der Waals surface area contributed by atoms with Crippen LogP contribution in [-0.2, 0) is 20.7 Å². The average Bonchev–Trinajstić information content (AvgIpc) is 2.71. The predicted octanol–water partition coefficient (Wildman–Crippen LogP) is 2.49. The number of amides is 1. The summed E-state index contributed by atoms with van der Waals surface area (Å²) in [7, 11) is 0. The van der Waals surface area contributed by atoms with Crippen molar-refractivity contribution >= 4 is 35.8 Å². The van der Waals surface area contributed by atoms with Crippen LogP contribution in [0.25, 0.3) is 0 Å². The Morgan fingerprint density at radius 2 is 1.63 bits per heavy atom. The molecule has 30 heavy (non-hydrogen) atoms. The van der Waals surface area contributed by atoms with Gasteiger partial charge >= 0.3 is 0 Å². The van der Waals surface area contributed by atoms with E-state index in [1.807, 2.05) is 6.92 Å². The third-order valence-corrected chi connectivity index (χ3v) is 3.88. The van der Waals surface area contributed by atoms with Gasteiger partial charge in [0.05, 0.1) is 32.8 Å². The summed E-state index contributed by atoms with van der Waals surface area (Å²) in [5.74, 6) is 0.275. The normalized spacial score (nSPS) is 11.0. The Bertz CT molecular complexity index is 588. The van der Waals surface area contributed by atoms with Gasteiger partial charge in [-0.15, -0.1) is 24.0 Å². The van der Waals surface area contributed by atoms with Crippen LogP contribution in [0.2, 0.25) is 0 Å². The molecule has 1 aromatic carbocycles. The first kappa shape index (κ1) is 28.5. The van der Waals surface area contributed by atoms with Crippen molar-refractivity contribution in [1.82, 2.24) is 16.0 Å². The summed E-state index contributed by atoms with van der Waals surface area (Å²) in [6, 6.07) is 5.93. The molecule has 0 spiro atoms. The fourth-order valence-corrected chi connectivity index (χ4v) is 2.37. The first-order valence-corrected chi connectivity index (χ1v) is 10.3. The summed E-state index contributed by atoms with van der Waals surface area (Å²) < 4.78 is 23.8. The summed E-state index contributed by atoms with van der Waals surface area (Å²) in [6.45, 7) is 8.93. The molecule has 7 nitrogen and oxygen atoms in total. The maximum atomic E-state index is 12.9. The summed E-state index contributed by atoms with van der Waals surface area (Å²) in [6.07, 6.45) is 2.44. The van der Waals surface area contributed by atoms with Gasteiger partial charge in [-0.25, -0.2) is 4.39 Å². The lowest BCUT2D eigenvalue weighted by Crippen LogP contribution is -2.42. The molecule has 0 atom stereocenters. The predicted molar refractivity (Wildman–Crippen MR) is 129 cm³/mol. The first-order chi connectivity index (χ1) is 14.2. The lowest BCUT2D eigenvalue weighted by Gasteiger charge is -2.12. The summed E-state index contributed by atoms with van der Waals surface area (Å²) in [5.41, 5.74) is 0.780. The molecule has 0 aliphatic carbocycles. The lowest BCUT2D eigenvalue weighted by molar-refractivity contribution is -0.120. The highest BCUT2D eigenvalue weighted by Gasteiger charge is 2.03. The summed E-state index contributed by atoms with van der Waals surface area (Å²) >= 11 is 0. The number of benzene rings is 1. The number of carbonyl (C=O) groups is 1. The van der Waals surface area contributed by atoms with Gasteiger partial charge in [-0.2, -0.15) is 0 Å². The number of halogens is 2. The van der Waals surface area contributed by atoms with Crippen LogP contribution in [0.3, 0.4) is 0 Å². The minimum absolute atomic E-state index is 0. The Balaban J connectivity index is 0.00000841. The molecule has 3 N–H and O–H groups in total. The Morgan fingerprint density at radius 1 is 0.967 bits per heavy atom. The minimum Gasteiger partial charge on any atom is -0.379 e. The molecule has 0 saturated heterocycles. The standard InChI is InChI=1S/C21H35FN4O3.HI/c1-3-5-13-28-15-16-29-14-12-26-21(23-4-2)25-11-10-24-20(27)17-18-6-8-19(22)9-7-18;/h6-9H,3-5,10-17H2,1-2H3,(H,24,27)(H2,23,25,26);1H. The van der Waals surface area contributed by atoms with E-state index < -0.39 is 0 Å². The van der Waals surface area contributed by atoms with Gasteiger partial charge in [0.15, 0.2) is 5.96 Å². The van der Waals surface area contributed by atoms with Crippen molar-refractivity contribution in [2.24, 2.45) is 4.99 Å². The molecule has 0 aromatic heterocycles. The Hall–Kier alpha value is -1.46. The van der Waals surface area contributed by atoms with Crippen molar-refractivity contribution in [3.63, 3.8) is 0 Å². The van der Waals surface area contributed by atoms with Gasteiger partial charge in [-0.1, -0.05) is 25.5 Å². The molecule has 0 aliphatic heterocycles. The molecule has 0 radical (unpaired) electrons. The Labute approximate surface area is 196 Å². The zero-order valence-corrected chi connectivity index (χ0v) is 20.4. The molecule has 1 aromatic rings. The lowest BCUT2D eigenvalue weighted by atomic mass is 10.1. The highest BCUT2D eigenvalue weighted by molar-refractivity contribution is 14.0. The number of hydrogen-bond acceptors (Lipinski definition) is 4. The van der Waals surface area contributed by atoms with Crippen molar-refractivity contribution < 1.29 is 18.7 Å². The zero-order valence-electron chi connectivity index (χ0n) is 18.0. The van der Waals surface area contributed by atoms with E-state index in [1.165, 1.54) is 12.1 Å². The molecule has 9 heteroatoms. The van der Waals surface area contributed by atoms with E-state index in [0.29, 0.717) is 45.4 Å². The van der Waals surface area contributed by atoms with Crippen molar-refractivity contribution in [3.05, 3.63) is 35.6 Å². The van der Waals surface area contributed by atoms with Crippen LogP contribution in [0, 0.1) is 5.82 Å². The zero-order chi connectivity index (χ0) is 21.2. The van der Waals surface area contributed by atoms with E-state index in [4.69, 9.17) is 9.47 Å². The van der Waals surface area contributed by atoms with E-state index in [1.54, 1.807) is 12.1 Å². The molecule has 1 amide bonds. The van der Waals surface area contributed by atoms with Gasteiger partial charge in [0.1, 0.15) is 5.82 Å². The molecule has 1 rings (SSSR count). The monoisotopic (exact) mass is 538 g/mol. The van der Waals surface area contributed by atoms with Gasteiger partial charge in [0.2, 0.25) is 5.91 Å². The van der Waals surface area contributed by atoms with Gasteiger partial charge in [0.25, 0.3) is 0 Å². The van der Waals surface area contributed by atoms with Crippen molar-refractivity contribution in [1.29, 1.82) is 0 Å². The molecule has 0 unspecified atom stereocenters. The molecule has 0 saturated carbocycles. The van der Waals surface area contributed by atoms with Crippen LogP contribution in [0.4, 0.5) is 4.39 Å². The second-order valence-corrected chi connectivity index (χ2v) is 6.42. The van der Waals surface area contributed by atoms with E-state index in [2.05, 4.69) is 27.9 Å². The second-order valence-electron chi connectivity index (χ2n) is 6.42. The number of ether oxygens (including phenoxy) is 2. The first-order valence-electron chi connectivity index (χ1n) is 10.3. The van der Waals surface area contributed by atoms with E-state index >= 15 is 0 Å². The Morgan fingerprint density at radius 3 is 2.30 bits per heavy atom. The van der Waals surface area contributed by atoms with Crippen molar-refractivity contribution in [2.75, 3.05) is 52.6 Å². The SMILES string of the molecule is CCCCOCCOCCN=C(NCC)NCCNC(=O)Cc1ccc(F)cc1.I. The quantitative estimate of drug-likeness (QED) is 0.138. The maximum absolute atomic E-state index is 12.9. The molecule has 0 bridgehead atoms. The van der Waals surface area contributed by atoms with Crippen LogP contribution in [0.5, 0.6) is 0 Å². The Kier molecular flexibility index (Phi) is 18.6.